The quantitative estimate of drug-likeness (QED) is 0.598. The zero-order chi connectivity index (χ0) is 17.9. The van der Waals surface area contributed by atoms with Crippen LogP contribution in [0.2, 0.25) is 0 Å². The number of rotatable bonds is 5. The van der Waals surface area contributed by atoms with Gasteiger partial charge in [0.05, 0.1) is 11.6 Å². The first-order valence-electron chi connectivity index (χ1n) is 7.61. The minimum absolute atomic E-state index is 0.0642. The smallest absolute Gasteiger partial charge is 0.408 e. The minimum atomic E-state index is -1.34. The second kappa shape index (κ2) is 6.74. The highest BCUT2D eigenvalue weighted by atomic mass is 16.6. The van der Waals surface area contributed by atoms with Gasteiger partial charge in [0.2, 0.25) is 0 Å². The number of ether oxygens (including phenoxy) is 2. The standard InChI is InChI=1S/C17H27NO5/c1-7-10-22-13(19)17(16(5,6)21)9-8-12(11-17)18-14(20)23-15(2,3)4/h7-9,12,21H,1,10-11H2,2-6H3,(H,18,20)/t12-,17?/m1/s1. The van der Waals surface area contributed by atoms with Gasteiger partial charge in [0.15, 0.2) is 0 Å². The summed E-state index contributed by atoms with van der Waals surface area (Å²) in [5.41, 5.74) is -3.18. The topological polar surface area (TPSA) is 84.9 Å². The van der Waals surface area contributed by atoms with Crippen molar-refractivity contribution in [2.45, 2.75) is 58.3 Å². The third-order valence-electron chi connectivity index (χ3n) is 3.65. The Kier molecular flexibility index (Phi) is 5.64. The van der Waals surface area contributed by atoms with Gasteiger partial charge in [-0.3, -0.25) is 4.79 Å². The average molecular weight is 325 g/mol. The van der Waals surface area contributed by atoms with Gasteiger partial charge >= 0.3 is 12.1 Å². The van der Waals surface area contributed by atoms with Gasteiger partial charge in [-0.2, -0.15) is 0 Å². The number of esters is 1. The van der Waals surface area contributed by atoms with Crippen LogP contribution in [0, 0.1) is 5.41 Å². The molecule has 0 aromatic heterocycles. The van der Waals surface area contributed by atoms with Crippen molar-refractivity contribution in [3.8, 4) is 0 Å². The Morgan fingerprint density at radius 1 is 1.39 bits per heavy atom. The second-order valence-electron chi connectivity index (χ2n) is 7.23. The molecule has 1 aliphatic rings. The van der Waals surface area contributed by atoms with Gasteiger partial charge in [-0.15, -0.1) is 0 Å². The number of aliphatic hydroxyl groups is 1. The van der Waals surface area contributed by atoms with Crippen LogP contribution in [0.15, 0.2) is 24.8 Å². The summed E-state index contributed by atoms with van der Waals surface area (Å²) in [5, 5.41) is 13.1. The number of hydrogen-bond acceptors (Lipinski definition) is 5. The Morgan fingerprint density at radius 2 is 2.00 bits per heavy atom. The van der Waals surface area contributed by atoms with Crippen LogP contribution in [0.25, 0.3) is 0 Å². The molecule has 0 aliphatic heterocycles. The van der Waals surface area contributed by atoms with Crippen molar-refractivity contribution in [1.82, 2.24) is 5.32 Å². The van der Waals surface area contributed by atoms with E-state index in [0.717, 1.165) is 0 Å². The number of alkyl carbamates (subject to hydrolysis) is 1. The molecule has 0 fully saturated rings. The van der Waals surface area contributed by atoms with E-state index in [1.54, 1.807) is 46.8 Å². The van der Waals surface area contributed by atoms with E-state index in [2.05, 4.69) is 11.9 Å². The molecule has 1 aliphatic carbocycles. The summed E-state index contributed by atoms with van der Waals surface area (Å²) in [6.45, 7) is 12.0. The van der Waals surface area contributed by atoms with Gasteiger partial charge in [-0.25, -0.2) is 4.79 Å². The van der Waals surface area contributed by atoms with E-state index < -0.39 is 34.7 Å². The Labute approximate surface area is 137 Å². The molecule has 0 bridgehead atoms. The van der Waals surface area contributed by atoms with Gasteiger partial charge in [-0.1, -0.05) is 24.8 Å². The van der Waals surface area contributed by atoms with E-state index in [1.807, 2.05) is 0 Å². The van der Waals surface area contributed by atoms with E-state index >= 15 is 0 Å². The summed E-state index contributed by atoms with van der Waals surface area (Å²) < 4.78 is 10.3. The van der Waals surface area contributed by atoms with Crippen LogP contribution >= 0.6 is 0 Å². The first kappa shape index (κ1) is 19.2. The zero-order valence-corrected chi connectivity index (χ0v) is 14.5. The van der Waals surface area contributed by atoms with Crippen molar-refractivity contribution in [1.29, 1.82) is 0 Å². The fourth-order valence-corrected chi connectivity index (χ4v) is 2.44. The van der Waals surface area contributed by atoms with Crippen LogP contribution in [-0.4, -0.2) is 41.0 Å². The van der Waals surface area contributed by atoms with E-state index in [1.165, 1.54) is 6.08 Å². The third-order valence-corrected chi connectivity index (χ3v) is 3.65. The van der Waals surface area contributed by atoms with Crippen molar-refractivity contribution in [2.75, 3.05) is 6.61 Å². The number of amides is 1. The van der Waals surface area contributed by atoms with Crippen LogP contribution in [0.1, 0.15) is 41.0 Å². The molecule has 0 saturated heterocycles. The summed E-state index contributed by atoms with van der Waals surface area (Å²) in [5.74, 6) is -0.547. The second-order valence-corrected chi connectivity index (χ2v) is 7.23. The molecule has 1 amide bonds. The molecule has 0 radical (unpaired) electrons. The molecule has 0 spiro atoms. The third kappa shape index (κ3) is 4.82. The molecular weight excluding hydrogens is 298 g/mol. The lowest BCUT2D eigenvalue weighted by Gasteiger charge is -2.37. The first-order valence-corrected chi connectivity index (χ1v) is 7.61. The lowest BCUT2D eigenvalue weighted by Crippen LogP contribution is -2.50. The van der Waals surface area contributed by atoms with Crippen molar-refractivity contribution in [3.63, 3.8) is 0 Å². The summed E-state index contributed by atoms with van der Waals surface area (Å²) >= 11 is 0. The molecule has 6 nitrogen and oxygen atoms in total. The van der Waals surface area contributed by atoms with Crippen LogP contribution in [0.3, 0.4) is 0 Å². The van der Waals surface area contributed by atoms with Crippen LogP contribution < -0.4 is 5.32 Å². The summed E-state index contributed by atoms with van der Waals surface area (Å²) in [7, 11) is 0. The molecule has 0 aromatic rings. The maximum absolute atomic E-state index is 12.4. The van der Waals surface area contributed by atoms with Crippen molar-refractivity contribution >= 4 is 12.1 Å². The van der Waals surface area contributed by atoms with Crippen molar-refractivity contribution in [3.05, 3.63) is 24.8 Å². The Balaban J connectivity index is 2.83. The summed E-state index contributed by atoms with van der Waals surface area (Å²) in [6.07, 6.45) is 4.37. The summed E-state index contributed by atoms with van der Waals surface area (Å²) in [6, 6.07) is -0.424. The molecule has 1 rings (SSSR count). The number of carbonyl (C=O) groups is 2. The molecule has 23 heavy (non-hydrogen) atoms. The van der Waals surface area contributed by atoms with E-state index in [0.29, 0.717) is 0 Å². The van der Waals surface area contributed by atoms with Crippen molar-refractivity contribution < 1.29 is 24.2 Å². The van der Waals surface area contributed by atoms with E-state index in [4.69, 9.17) is 9.47 Å². The monoisotopic (exact) mass is 325 g/mol. The molecule has 2 N–H and O–H groups in total. The van der Waals surface area contributed by atoms with Crippen LogP contribution in [0.4, 0.5) is 4.79 Å². The van der Waals surface area contributed by atoms with Gasteiger partial charge in [0, 0.05) is 0 Å². The fraction of sp³-hybridized carbons (Fsp3) is 0.647. The lowest BCUT2D eigenvalue weighted by atomic mass is 9.73. The van der Waals surface area contributed by atoms with Gasteiger partial charge in [0.1, 0.15) is 17.6 Å². The summed E-state index contributed by atoms with van der Waals surface area (Å²) in [4.78, 5) is 24.3. The molecule has 0 aromatic carbocycles. The Bertz CT molecular complexity index is 498. The largest absolute Gasteiger partial charge is 0.461 e. The lowest BCUT2D eigenvalue weighted by molar-refractivity contribution is -0.164. The molecule has 1 unspecified atom stereocenters. The van der Waals surface area contributed by atoms with Crippen LogP contribution in [-0.2, 0) is 14.3 Å². The Hall–Kier alpha value is -1.82. The molecule has 0 heterocycles. The maximum Gasteiger partial charge on any atom is 0.408 e. The predicted octanol–water partition coefficient (Wildman–Crippen LogP) is 2.33. The van der Waals surface area contributed by atoms with E-state index in [9.17, 15) is 14.7 Å². The number of hydrogen-bond donors (Lipinski definition) is 2. The predicted molar refractivity (Wildman–Crippen MR) is 86.8 cm³/mol. The first-order chi connectivity index (χ1) is 10.4. The maximum atomic E-state index is 12.4. The Morgan fingerprint density at radius 3 is 2.48 bits per heavy atom. The minimum Gasteiger partial charge on any atom is -0.461 e. The van der Waals surface area contributed by atoms with Crippen LogP contribution in [0.5, 0.6) is 0 Å². The average Bonchev–Trinajstić information content (AvgIpc) is 2.78. The SMILES string of the molecule is C=CCOC(=O)C1(C(C)(C)O)C=C[C@@H](NC(=O)OC(C)(C)C)C1. The molecule has 6 heteroatoms. The van der Waals surface area contributed by atoms with Crippen molar-refractivity contribution in [2.24, 2.45) is 5.41 Å². The number of carbonyl (C=O) groups excluding carboxylic acids is 2. The van der Waals surface area contributed by atoms with Gasteiger partial charge in [-0.05, 0) is 41.0 Å². The molecule has 2 atom stereocenters. The molecular formula is C17H27NO5. The molecule has 0 saturated carbocycles. The molecule has 130 valence electrons. The normalized spacial score (nSPS) is 24.2. The number of nitrogens with one attached hydrogen (secondary N) is 1. The van der Waals surface area contributed by atoms with Gasteiger partial charge < -0.3 is 19.9 Å². The zero-order valence-electron chi connectivity index (χ0n) is 14.5. The van der Waals surface area contributed by atoms with Gasteiger partial charge in [0.25, 0.3) is 0 Å². The highest BCUT2D eigenvalue weighted by molar-refractivity contribution is 5.82. The highest BCUT2D eigenvalue weighted by Crippen LogP contribution is 2.43. The fourth-order valence-electron chi connectivity index (χ4n) is 2.44. The highest BCUT2D eigenvalue weighted by Gasteiger charge is 2.53. The van der Waals surface area contributed by atoms with E-state index in [-0.39, 0.29) is 13.0 Å².